The van der Waals surface area contributed by atoms with Gasteiger partial charge in [-0.1, -0.05) is 0 Å². The number of aromatic nitrogens is 7. The normalized spacial score (nSPS) is 12.8. The van der Waals surface area contributed by atoms with E-state index in [0.29, 0.717) is 29.0 Å². The van der Waals surface area contributed by atoms with Crippen LogP contribution in [-0.4, -0.2) is 40.6 Å². The Morgan fingerprint density at radius 3 is 2.55 bits per heavy atom. The van der Waals surface area contributed by atoms with Gasteiger partial charge in [-0.3, -0.25) is 4.79 Å². The molecule has 0 radical (unpaired) electrons. The van der Waals surface area contributed by atoms with E-state index in [1.54, 1.807) is 10.9 Å². The van der Waals surface area contributed by atoms with Gasteiger partial charge in [0.15, 0.2) is 17.0 Å². The number of nitrogens with zero attached hydrogens (tertiary/aromatic N) is 6. The van der Waals surface area contributed by atoms with Gasteiger partial charge in [-0.05, 0) is 34.6 Å². The first-order valence-corrected chi connectivity index (χ1v) is 9.27. The molecule has 0 aromatic carbocycles. The maximum absolute atomic E-state index is 14.7. The van der Waals surface area contributed by atoms with Gasteiger partial charge in [0, 0.05) is 18.3 Å². The summed E-state index contributed by atoms with van der Waals surface area (Å²) in [5.41, 5.74) is 0.168. The lowest BCUT2D eigenvalue weighted by Gasteiger charge is -2.27. The highest BCUT2D eigenvalue weighted by Crippen LogP contribution is 2.30. The highest BCUT2D eigenvalue weighted by atomic mass is 19.1. The van der Waals surface area contributed by atoms with E-state index in [1.807, 2.05) is 39.2 Å². The minimum Gasteiger partial charge on any atom is -0.367 e. The van der Waals surface area contributed by atoms with Crippen LogP contribution in [0.1, 0.15) is 34.6 Å². The van der Waals surface area contributed by atoms with Gasteiger partial charge < -0.3 is 19.4 Å². The number of H-pyrrole nitrogens is 1. The molecule has 9 nitrogen and oxygen atoms in total. The summed E-state index contributed by atoms with van der Waals surface area (Å²) in [6.45, 7) is 10.3. The summed E-state index contributed by atoms with van der Waals surface area (Å²) in [6, 6.07) is 0. The second-order valence-electron chi connectivity index (χ2n) is 8.62. The molecule has 0 fully saturated rings. The molecule has 4 rings (SSSR count). The Balaban J connectivity index is 1.70. The van der Waals surface area contributed by atoms with Crippen LogP contribution >= 0.6 is 0 Å². The Morgan fingerprint density at radius 1 is 1.07 bits per heavy atom. The lowest BCUT2D eigenvalue weighted by Crippen LogP contribution is -2.34. The molecule has 0 aliphatic heterocycles. The van der Waals surface area contributed by atoms with Crippen LogP contribution in [0.4, 0.5) is 10.2 Å². The van der Waals surface area contributed by atoms with Crippen LogP contribution in [-0.2, 0) is 11.1 Å². The number of nitrogens with one attached hydrogen (secondary N) is 2. The summed E-state index contributed by atoms with van der Waals surface area (Å²) in [4.78, 5) is 31.4. The minimum absolute atomic E-state index is 0.276. The molecule has 0 amide bonds. The molecule has 0 spiro atoms. The molecule has 152 valence electrons. The molecular formula is C19H23FN8O. The Labute approximate surface area is 166 Å². The Bertz CT molecular complexity index is 1260. The molecule has 4 heterocycles. The van der Waals surface area contributed by atoms with Gasteiger partial charge in [0.25, 0.3) is 5.56 Å². The van der Waals surface area contributed by atoms with Crippen molar-refractivity contribution in [2.75, 3.05) is 11.9 Å². The predicted octanol–water partition coefficient (Wildman–Crippen LogP) is 2.61. The smallest absolute Gasteiger partial charge is 0.278 e. The summed E-state index contributed by atoms with van der Waals surface area (Å²) in [5, 5.41) is 3.58. The number of hydrogen-bond acceptors (Lipinski definition) is 6. The molecule has 0 bridgehead atoms. The number of hydrogen-bond donors (Lipinski definition) is 2. The van der Waals surface area contributed by atoms with Gasteiger partial charge in [0.1, 0.15) is 17.8 Å². The van der Waals surface area contributed by atoms with Gasteiger partial charge in [-0.25, -0.2) is 24.3 Å². The van der Waals surface area contributed by atoms with E-state index in [4.69, 9.17) is 0 Å². The monoisotopic (exact) mass is 398 g/mol. The maximum atomic E-state index is 14.7. The van der Waals surface area contributed by atoms with Crippen LogP contribution in [0.15, 0.2) is 30.0 Å². The summed E-state index contributed by atoms with van der Waals surface area (Å²) in [7, 11) is 0. The van der Waals surface area contributed by atoms with Crippen LogP contribution in [0.5, 0.6) is 0 Å². The molecule has 0 saturated carbocycles. The molecule has 0 aliphatic carbocycles. The number of fused-ring (bicyclic) bond motifs is 2. The average molecular weight is 398 g/mol. The fourth-order valence-electron chi connectivity index (χ4n) is 3.34. The number of halogens is 1. The first kappa shape index (κ1) is 19.0. The van der Waals surface area contributed by atoms with Crippen molar-refractivity contribution in [2.24, 2.45) is 0 Å². The summed E-state index contributed by atoms with van der Waals surface area (Å²) >= 11 is 0. The quantitative estimate of drug-likeness (QED) is 0.547. The largest absolute Gasteiger partial charge is 0.367 e. The highest BCUT2D eigenvalue weighted by Gasteiger charge is 2.26. The van der Waals surface area contributed by atoms with Gasteiger partial charge in [-0.15, -0.1) is 0 Å². The van der Waals surface area contributed by atoms with Crippen molar-refractivity contribution in [3.05, 3.63) is 41.3 Å². The predicted molar refractivity (Wildman–Crippen MR) is 108 cm³/mol. The van der Waals surface area contributed by atoms with Gasteiger partial charge >= 0.3 is 0 Å². The lowest BCUT2D eigenvalue weighted by atomic mass is 10.1. The van der Waals surface area contributed by atoms with Gasteiger partial charge in [0.05, 0.1) is 23.6 Å². The third-order valence-electron chi connectivity index (χ3n) is 4.94. The van der Waals surface area contributed by atoms with Crippen LogP contribution in [0.3, 0.4) is 0 Å². The van der Waals surface area contributed by atoms with E-state index >= 15 is 0 Å². The van der Waals surface area contributed by atoms with E-state index in [2.05, 4.69) is 30.2 Å². The summed E-state index contributed by atoms with van der Waals surface area (Å²) in [5.74, 6) is 0.0379. The Morgan fingerprint density at radius 2 is 1.83 bits per heavy atom. The lowest BCUT2D eigenvalue weighted by molar-refractivity contribution is 0.386. The number of aromatic amines is 1. The Hall–Kier alpha value is -3.30. The molecule has 0 aliphatic rings. The third-order valence-corrected chi connectivity index (χ3v) is 4.94. The summed E-state index contributed by atoms with van der Waals surface area (Å²) < 4.78 is 18.4. The Kier molecular flexibility index (Phi) is 4.18. The molecule has 2 N–H and O–H groups in total. The zero-order valence-corrected chi connectivity index (χ0v) is 17.0. The van der Waals surface area contributed by atoms with Crippen molar-refractivity contribution in [1.29, 1.82) is 0 Å². The first-order chi connectivity index (χ1) is 13.6. The van der Waals surface area contributed by atoms with E-state index in [9.17, 15) is 9.18 Å². The molecule has 0 atom stereocenters. The standard InChI is InChI=1S/C19H23FN8O/c1-18(2,3)27-6-11(20)12-14(22-8-23-15(12)27)21-7-19(4,5)28-10-26-13-16(28)24-9-25-17(13)29/h6,8-10H,7H2,1-5H3,(H,21,22,23)(H,24,25,29). The maximum Gasteiger partial charge on any atom is 0.278 e. The van der Waals surface area contributed by atoms with E-state index in [1.165, 1.54) is 18.9 Å². The second kappa shape index (κ2) is 6.36. The van der Waals surface area contributed by atoms with Crippen molar-refractivity contribution in [2.45, 2.75) is 45.7 Å². The SMILES string of the molecule is CC(C)(C)n1cc(F)c2c(NCC(C)(C)n3cnc4c(=O)[nH]cnc43)ncnc21. The van der Waals surface area contributed by atoms with E-state index in [-0.39, 0.29) is 22.4 Å². The first-order valence-electron chi connectivity index (χ1n) is 9.27. The van der Waals surface area contributed by atoms with Crippen LogP contribution in [0.2, 0.25) is 0 Å². The van der Waals surface area contributed by atoms with Crippen molar-refractivity contribution in [3.63, 3.8) is 0 Å². The molecular weight excluding hydrogens is 375 g/mol. The molecule has 4 aromatic rings. The zero-order valence-electron chi connectivity index (χ0n) is 17.0. The molecule has 10 heteroatoms. The number of imidazole rings is 1. The van der Waals surface area contributed by atoms with Crippen LogP contribution < -0.4 is 10.9 Å². The zero-order chi connectivity index (χ0) is 21.0. The average Bonchev–Trinajstić information content (AvgIpc) is 3.23. The van der Waals surface area contributed by atoms with E-state index in [0.717, 1.165) is 0 Å². The van der Waals surface area contributed by atoms with Crippen molar-refractivity contribution >= 4 is 28.0 Å². The van der Waals surface area contributed by atoms with Crippen LogP contribution in [0.25, 0.3) is 22.2 Å². The van der Waals surface area contributed by atoms with Crippen LogP contribution in [0, 0.1) is 5.82 Å². The van der Waals surface area contributed by atoms with E-state index < -0.39 is 5.54 Å². The number of rotatable bonds is 4. The molecule has 29 heavy (non-hydrogen) atoms. The minimum atomic E-state index is -0.518. The highest BCUT2D eigenvalue weighted by molar-refractivity contribution is 5.88. The van der Waals surface area contributed by atoms with Crippen molar-refractivity contribution < 1.29 is 4.39 Å². The molecule has 0 saturated heterocycles. The fraction of sp³-hybridized carbons (Fsp3) is 0.421. The number of anilines is 1. The summed E-state index contributed by atoms with van der Waals surface area (Å²) in [6.07, 6.45) is 5.81. The fourth-order valence-corrected chi connectivity index (χ4v) is 3.34. The topological polar surface area (TPSA) is 106 Å². The molecule has 4 aromatic heterocycles. The van der Waals surface area contributed by atoms with Gasteiger partial charge in [-0.2, -0.15) is 0 Å². The van der Waals surface area contributed by atoms with Gasteiger partial charge in [0.2, 0.25) is 0 Å². The second-order valence-corrected chi connectivity index (χ2v) is 8.62. The molecule has 0 unspecified atom stereocenters. The van der Waals surface area contributed by atoms with Crippen molar-refractivity contribution in [1.82, 2.24) is 34.1 Å². The van der Waals surface area contributed by atoms with Crippen molar-refractivity contribution in [3.8, 4) is 0 Å². The third kappa shape index (κ3) is 3.14.